The Labute approximate surface area is 157 Å². The van der Waals surface area contributed by atoms with Gasteiger partial charge in [-0.15, -0.1) is 0 Å². The number of hydrogen-bond donors (Lipinski definition) is 0. The molecule has 0 saturated heterocycles. The van der Waals surface area contributed by atoms with Crippen LogP contribution in [-0.2, 0) is 5.41 Å². The molecule has 0 amide bonds. The molecular formula is C26H18O. The molecular weight excluding hydrogens is 328 g/mol. The standard InChI is InChI=1S/C26H18O/c1-26(22-11-5-2-8-18(22)19-9-3-6-12-23(19)26)17-14-15-25-21(16-17)20-10-4-7-13-24(20)27-25/h2-16H,1H3. The highest BCUT2D eigenvalue weighted by atomic mass is 16.3. The highest BCUT2D eigenvalue weighted by Gasteiger charge is 2.40. The summed E-state index contributed by atoms with van der Waals surface area (Å²) < 4.78 is 6.04. The summed E-state index contributed by atoms with van der Waals surface area (Å²) in [5.74, 6) is 0. The van der Waals surface area contributed by atoms with Crippen molar-refractivity contribution in [3.05, 3.63) is 108 Å². The molecule has 0 unspecified atom stereocenters. The van der Waals surface area contributed by atoms with E-state index in [0.717, 1.165) is 11.2 Å². The summed E-state index contributed by atoms with van der Waals surface area (Å²) in [4.78, 5) is 0. The van der Waals surface area contributed by atoms with E-state index in [1.54, 1.807) is 0 Å². The van der Waals surface area contributed by atoms with Gasteiger partial charge in [0, 0.05) is 16.2 Å². The molecule has 1 aliphatic rings. The largest absolute Gasteiger partial charge is 0.456 e. The number of furan rings is 1. The van der Waals surface area contributed by atoms with Crippen LogP contribution < -0.4 is 0 Å². The zero-order valence-electron chi connectivity index (χ0n) is 15.1. The first-order valence-corrected chi connectivity index (χ1v) is 9.38. The molecule has 0 atom stereocenters. The molecule has 128 valence electrons. The first kappa shape index (κ1) is 14.8. The van der Waals surface area contributed by atoms with E-state index in [9.17, 15) is 0 Å². The molecule has 0 spiro atoms. The predicted octanol–water partition coefficient (Wildman–Crippen LogP) is 6.92. The van der Waals surface area contributed by atoms with Gasteiger partial charge in [-0.2, -0.15) is 0 Å². The fourth-order valence-electron chi connectivity index (χ4n) is 4.80. The Morgan fingerprint density at radius 3 is 1.93 bits per heavy atom. The molecule has 5 aromatic rings. The zero-order valence-corrected chi connectivity index (χ0v) is 15.1. The van der Waals surface area contributed by atoms with Gasteiger partial charge in [0.1, 0.15) is 11.2 Å². The van der Waals surface area contributed by atoms with Crippen LogP contribution >= 0.6 is 0 Å². The van der Waals surface area contributed by atoms with Gasteiger partial charge in [0.05, 0.1) is 0 Å². The smallest absolute Gasteiger partial charge is 0.135 e. The van der Waals surface area contributed by atoms with Crippen LogP contribution in [0.15, 0.2) is 95.4 Å². The van der Waals surface area contributed by atoms with E-state index in [2.05, 4.69) is 85.8 Å². The molecule has 1 heteroatoms. The average Bonchev–Trinajstić information content (AvgIpc) is 3.23. The molecule has 0 bridgehead atoms. The Bertz CT molecular complexity index is 1290. The first-order valence-electron chi connectivity index (χ1n) is 9.38. The molecule has 0 fully saturated rings. The third-order valence-electron chi connectivity index (χ3n) is 6.18. The highest BCUT2D eigenvalue weighted by molar-refractivity contribution is 6.05. The maximum absolute atomic E-state index is 6.04. The van der Waals surface area contributed by atoms with E-state index in [4.69, 9.17) is 4.42 Å². The van der Waals surface area contributed by atoms with Gasteiger partial charge in [-0.1, -0.05) is 72.8 Å². The van der Waals surface area contributed by atoms with Crippen molar-refractivity contribution < 1.29 is 4.42 Å². The summed E-state index contributed by atoms with van der Waals surface area (Å²) in [7, 11) is 0. The summed E-state index contributed by atoms with van der Waals surface area (Å²) in [5, 5.41) is 2.36. The Morgan fingerprint density at radius 2 is 1.19 bits per heavy atom. The van der Waals surface area contributed by atoms with Crippen LogP contribution in [0, 0.1) is 0 Å². The van der Waals surface area contributed by atoms with Crippen LogP contribution in [0.5, 0.6) is 0 Å². The zero-order chi connectivity index (χ0) is 18.0. The highest BCUT2D eigenvalue weighted by Crippen LogP contribution is 2.52. The fraction of sp³-hybridized carbons (Fsp3) is 0.0769. The Kier molecular flexibility index (Phi) is 2.80. The van der Waals surface area contributed by atoms with Crippen molar-refractivity contribution in [2.75, 3.05) is 0 Å². The Balaban J connectivity index is 1.69. The van der Waals surface area contributed by atoms with Crippen LogP contribution in [-0.4, -0.2) is 0 Å². The van der Waals surface area contributed by atoms with Crippen LogP contribution in [0.4, 0.5) is 0 Å². The fourth-order valence-corrected chi connectivity index (χ4v) is 4.80. The maximum Gasteiger partial charge on any atom is 0.135 e. The maximum atomic E-state index is 6.04. The lowest BCUT2D eigenvalue weighted by Gasteiger charge is -2.28. The van der Waals surface area contributed by atoms with Gasteiger partial charge in [0.2, 0.25) is 0 Å². The molecule has 0 radical (unpaired) electrons. The van der Waals surface area contributed by atoms with Gasteiger partial charge in [-0.25, -0.2) is 0 Å². The van der Waals surface area contributed by atoms with E-state index in [1.807, 2.05) is 12.1 Å². The lowest BCUT2D eigenvalue weighted by molar-refractivity contribution is 0.667. The van der Waals surface area contributed by atoms with Gasteiger partial charge in [-0.3, -0.25) is 0 Å². The molecule has 1 nitrogen and oxygen atoms in total. The Hall–Kier alpha value is -3.32. The average molecular weight is 346 g/mol. The van der Waals surface area contributed by atoms with Crippen molar-refractivity contribution >= 4 is 21.9 Å². The molecule has 1 aromatic heterocycles. The number of para-hydroxylation sites is 1. The Morgan fingerprint density at radius 1 is 0.593 bits per heavy atom. The molecule has 1 aliphatic carbocycles. The van der Waals surface area contributed by atoms with E-state index < -0.39 is 0 Å². The topological polar surface area (TPSA) is 13.1 Å². The third-order valence-corrected chi connectivity index (χ3v) is 6.18. The normalized spacial score (nSPS) is 14.4. The predicted molar refractivity (Wildman–Crippen MR) is 111 cm³/mol. The molecule has 0 N–H and O–H groups in total. The van der Waals surface area contributed by atoms with Crippen molar-refractivity contribution in [1.82, 2.24) is 0 Å². The van der Waals surface area contributed by atoms with E-state index in [-0.39, 0.29) is 5.41 Å². The number of hydrogen-bond acceptors (Lipinski definition) is 1. The minimum absolute atomic E-state index is 0.167. The van der Waals surface area contributed by atoms with Crippen molar-refractivity contribution in [1.29, 1.82) is 0 Å². The van der Waals surface area contributed by atoms with Crippen molar-refractivity contribution in [3.8, 4) is 11.1 Å². The number of benzene rings is 4. The monoisotopic (exact) mass is 346 g/mol. The van der Waals surface area contributed by atoms with Gasteiger partial charge in [-0.05, 0) is 52.9 Å². The van der Waals surface area contributed by atoms with Gasteiger partial charge >= 0.3 is 0 Å². The van der Waals surface area contributed by atoms with E-state index in [0.29, 0.717) is 0 Å². The van der Waals surface area contributed by atoms with Crippen molar-refractivity contribution in [2.24, 2.45) is 0 Å². The lowest BCUT2D eigenvalue weighted by Crippen LogP contribution is -2.22. The second-order valence-electron chi connectivity index (χ2n) is 7.53. The van der Waals surface area contributed by atoms with E-state index in [1.165, 1.54) is 38.6 Å². The molecule has 1 heterocycles. The second kappa shape index (κ2) is 5.11. The molecule has 27 heavy (non-hydrogen) atoms. The molecule has 0 aliphatic heterocycles. The number of rotatable bonds is 1. The summed E-state index contributed by atoms with van der Waals surface area (Å²) in [6.07, 6.45) is 0. The molecule has 6 rings (SSSR count). The van der Waals surface area contributed by atoms with Gasteiger partial charge in [0.15, 0.2) is 0 Å². The minimum atomic E-state index is -0.167. The van der Waals surface area contributed by atoms with Gasteiger partial charge < -0.3 is 4.42 Å². The quantitative estimate of drug-likeness (QED) is 0.321. The lowest BCUT2D eigenvalue weighted by atomic mass is 9.74. The number of fused-ring (bicyclic) bond motifs is 6. The van der Waals surface area contributed by atoms with Crippen LogP contribution in [0.2, 0.25) is 0 Å². The van der Waals surface area contributed by atoms with Crippen molar-refractivity contribution in [2.45, 2.75) is 12.3 Å². The third kappa shape index (κ3) is 1.84. The summed E-state index contributed by atoms with van der Waals surface area (Å²) in [5.41, 5.74) is 8.46. The summed E-state index contributed by atoms with van der Waals surface area (Å²) >= 11 is 0. The van der Waals surface area contributed by atoms with Crippen LogP contribution in [0.1, 0.15) is 23.6 Å². The van der Waals surface area contributed by atoms with Crippen LogP contribution in [0.25, 0.3) is 33.1 Å². The minimum Gasteiger partial charge on any atom is -0.456 e. The van der Waals surface area contributed by atoms with Gasteiger partial charge in [0.25, 0.3) is 0 Å². The molecule has 4 aromatic carbocycles. The summed E-state index contributed by atoms with van der Waals surface area (Å²) in [6.45, 7) is 2.35. The summed E-state index contributed by atoms with van der Waals surface area (Å²) in [6, 6.07) is 32.5. The second-order valence-corrected chi connectivity index (χ2v) is 7.53. The van der Waals surface area contributed by atoms with E-state index >= 15 is 0 Å². The van der Waals surface area contributed by atoms with Crippen molar-refractivity contribution in [3.63, 3.8) is 0 Å². The van der Waals surface area contributed by atoms with Crippen LogP contribution in [0.3, 0.4) is 0 Å². The first-order chi connectivity index (χ1) is 13.3. The molecule has 0 saturated carbocycles. The SMILES string of the molecule is CC1(c2ccc3oc4ccccc4c3c2)c2ccccc2-c2ccccc21.